The molecule has 1 unspecified atom stereocenters. The van der Waals surface area contributed by atoms with Crippen LogP contribution in [0.3, 0.4) is 0 Å². The third-order valence-electron chi connectivity index (χ3n) is 6.50. The summed E-state index contributed by atoms with van der Waals surface area (Å²) in [5.41, 5.74) is 0.425. The Hall–Kier alpha value is -3.24. The van der Waals surface area contributed by atoms with Crippen molar-refractivity contribution in [2.24, 2.45) is 0 Å². The Morgan fingerprint density at radius 3 is 2.67 bits per heavy atom. The number of hydrogen-bond donors (Lipinski definition) is 4. The van der Waals surface area contributed by atoms with Crippen LogP contribution in [0.1, 0.15) is 49.6 Å². The Morgan fingerprint density at radius 2 is 1.89 bits per heavy atom. The molecule has 36 heavy (non-hydrogen) atoms. The lowest BCUT2D eigenvalue weighted by atomic mass is 9.85. The van der Waals surface area contributed by atoms with E-state index >= 15 is 0 Å². The predicted octanol–water partition coefficient (Wildman–Crippen LogP) is 3.59. The summed E-state index contributed by atoms with van der Waals surface area (Å²) in [7, 11) is 0. The molecule has 0 bridgehead atoms. The first-order valence-corrected chi connectivity index (χ1v) is 12.4. The van der Waals surface area contributed by atoms with Crippen molar-refractivity contribution in [1.82, 2.24) is 24.9 Å². The molecular weight excluding hydrogens is 482 g/mol. The highest BCUT2D eigenvalue weighted by Gasteiger charge is 2.30. The van der Waals surface area contributed by atoms with E-state index < -0.39 is 11.8 Å². The summed E-state index contributed by atoms with van der Waals surface area (Å²) in [6.07, 6.45) is 3.30. The van der Waals surface area contributed by atoms with Crippen molar-refractivity contribution in [1.29, 1.82) is 0 Å². The quantitative estimate of drug-likeness (QED) is 0.267. The van der Waals surface area contributed by atoms with Crippen molar-refractivity contribution >= 4 is 17.4 Å². The largest absolute Gasteiger partial charge is 0.487 e. The maximum absolute atomic E-state index is 12.7. The summed E-state index contributed by atoms with van der Waals surface area (Å²) >= 11 is 6.40. The van der Waals surface area contributed by atoms with Crippen molar-refractivity contribution in [3.05, 3.63) is 81.2 Å². The number of nitrogens with zero attached hydrogens (tertiary/aromatic N) is 3. The number of aliphatic hydroxyl groups is 2. The molecule has 1 fully saturated rings. The molecule has 2 aromatic heterocycles. The number of aromatic nitrogens is 4. The normalized spacial score (nSPS) is 16.2. The maximum atomic E-state index is 12.7. The van der Waals surface area contributed by atoms with Gasteiger partial charge in [0.1, 0.15) is 18.6 Å². The van der Waals surface area contributed by atoms with E-state index in [-0.39, 0.29) is 24.5 Å². The smallest absolute Gasteiger partial charge is 0.274 e. The number of aromatic amines is 1. The first-order valence-electron chi connectivity index (χ1n) is 12.0. The van der Waals surface area contributed by atoms with Crippen LogP contribution < -0.4 is 15.6 Å². The molecule has 5 rings (SSSR count). The number of ether oxygens (including phenoxy) is 1. The minimum absolute atomic E-state index is 0.0245. The first-order chi connectivity index (χ1) is 17.4. The van der Waals surface area contributed by atoms with E-state index in [9.17, 15) is 15.0 Å². The Morgan fingerprint density at radius 1 is 1.11 bits per heavy atom. The average Bonchev–Trinajstić information content (AvgIpc) is 3.32. The van der Waals surface area contributed by atoms with Crippen molar-refractivity contribution in [3.63, 3.8) is 0 Å². The fourth-order valence-corrected chi connectivity index (χ4v) is 4.83. The van der Waals surface area contributed by atoms with Gasteiger partial charge in [0.25, 0.3) is 11.3 Å². The van der Waals surface area contributed by atoms with Crippen molar-refractivity contribution < 1.29 is 14.9 Å². The molecule has 188 valence electrons. The number of halogens is 1. The number of benzene rings is 2. The minimum atomic E-state index is -1.14. The number of fused-ring (bicyclic) bond motifs is 1. The molecule has 2 aromatic carbocycles. The third kappa shape index (κ3) is 5.29. The van der Waals surface area contributed by atoms with Crippen LogP contribution in [0.4, 0.5) is 0 Å². The second kappa shape index (κ2) is 10.4. The first kappa shape index (κ1) is 24.5. The third-order valence-corrected chi connectivity index (χ3v) is 6.83. The molecule has 0 radical (unpaired) electrons. The van der Waals surface area contributed by atoms with E-state index in [4.69, 9.17) is 16.3 Å². The zero-order chi connectivity index (χ0) is 25.1. The molecule has 1 atom stereocenters. The van der Waals surface area contributed by atoms with Crippen LogP contribution in [0.25, 0.3) is 17.2 Å². The van der Waals surface area contributed by atoms with Gasteiger partial charge in [-0.25, -0.2) is 4.98 Å². The van der Waals surface area contributed by atoms with Crippen LogP contribution in [0.2, 0.25) is 5.02 Å². The standard InChI is InChI=1S/C26H28ClN5O4/c27-19-10-7-11-20(22(19)24(34)28-16-26(35)12-5-2-6-13-26)36-15-18-14-21(33)32-25(29-18)30-23(31-32)17-8-3-1-4-9-17/h1,3-4,7-11,14,24,28,34-35H,2,5-6,12-13,15-16H2,(H,29,30,31). The molecule has 10 heteroatoms. The molecule has 1 aliphatic carbocycles. The van der Waals surface area contributed by atoms with E-state index in [1.54, 1.807) is 18.2 Å². The van der Waals surface area contributed by atoms with Gasteiger partial charge in [-0.05, 0) is 25.0 Å². The molecule has 2 heterocycles. The molecule has 0 amide bonds. The fraction of sp³-hybridized carbons (Fsp3) is 0.346. The van der Waals surface area contributed by atoms with Gasteiger partial charge in [-0.2, -0.15) is 9.50 Å². The van der Waals surface area contributed by atoms with E-state index in [0.29, 0.717) is 40.7 Å². The SMILES string of the molecule is O=c1cc(COc2cccc(Cl)c2C(O)NCC2(O)CCCCC2)nc2nc(-c3ccccc3)[nH]n12. The van der Waals surface area contributed by atoms with Crippen LogP contribution in [-0.4, -0.2) is 41.9 Å². The molecule has 4 N–H and O–H groups in total. The summed E-state index contributed by atoms with van der Waals surface area (Å²) in [5, 5.41) is 27.9. The number of hydrogen-bond acceptors (Lipinski definition) is 7. The average molecular weight is 510 g/mol. The summed E-state index contributed by atoms with van der Waals surface area (Å²) in [6, 6.07) is 15.9. The van der Waals surface area contributed by atoms with Crippen LogP contribution >= 0.6 is 11.6 Å². The van der Waals surface area contributed by atoms with Crippen LogP contribution in [0.15, 0.2) is 59.4 Å². The highest BCUT2D eigenvalue weighted by Crippen LogP contribution is 2.33. The van der Waals surface area contributed by atoms with E-state index in [1.807, 2.05) is 30.3 Å². The topological polar surface area (TPSA) is 125 Å². The Balaban J connectivity index is 1.33. The van der Waals surface area contributed by atoms with Gasteiger partial charge in [0.05, 0.1) is 21.9 Å². The second-order valence-electron chi connectivity index (χ2n) is 9.17. The van der Waals surface area contributed by atoms with Crippen LogP contribution in [-0.2, 0) is 6.61 Å². The second-order valence-corrected chi connectivity index (χ2v) is 9.58. The summed E-state index contributed by atoms with van der Waals surface area (Å²) < 4.78 is 7.22. The highest BCUT2D eigenvalue weighted by molar-refractivity contribution is 6.31. The summed E-state index contributed by atoms with van der Waals surface area (Å²) in [5.74, 6) is 1.12. The van der Waals surface area contributed by atoms with Crippen LogP contribution in [0, 0.1) is 0 Å². The molecular formula is C26H28ClN5O4. The maximum Gasteiger partial charge on any atom is 0.274 e. The lowest BCUT2D eigenvalue weighted by Crippen LogP contribution is -2.43. The number of H-pyrrole nitrogens is 1. The zero-order valence-electron chi connectivity index (χ0n) is 19.7. The van der Waals surface area contributed by atoms with Crippen molar-refractivity contribution in [2.75, 3.05) is 6.54 Å². The van der Waals surface area contributed by atoms with Gasteiger partial charge in [0, 0.05) is 18.2 Å². The van der Waals surface area contributed by atoms with E-state index in [2.05, 4.69) is 20.4 Å². The highest BCUT2D eigenvalue weighted by atomic mass is 35.5. The van der Waals surface area contributed by atoms with E-state index in [1.165, 1.54) is 10.6 Å². The summed E-state index contributed by atoms with van der Waals surface area (Å²) in [4.78, 5) is 21.5. The van der Waals surface area contributed by atoms with Gasteiger partial charge in [-0.15, -0.1) is 0 Å². The van der Waals surface area contributed by atoms with Gasteiger partial charge >= 0.3 is 0 Å². The van der Waals surface area contributed by atoms with Crippen molar-refractivity contribution in [2.45, 2.75) is 50.5 Å². The molecule has 4 aromatic rings. The molecule has 0 saturated heterocycles. The molecule has 9 nitrogen and oxygen atoms in total. The Labute approximate surface area is 212 Å². The van der Waals surface area contributed by atoms with Gasteiger partial charge in [-0.3, -0.25) is 15.2 Å². The molecule has 0 spiro atoms. The Bertz CT molecular complexity index is 1400. The molecule has 0 aliphatic heterocycles. The zero-order valence-corrected chi connectivity index (χ0v) is 20.4. The monoisotopic (exact) mass is 509 g/mol. The number of rotatable bonds is 8. The fourth-order valence-electron chi connectivity index (χ4n) is 4.56. The summed E-state index contributed by atoms with van der Waals surface area (Å²) in [6.45, 7) is 0.222. The van der Waals surface area contributed by atoms with Gasteiger partial charge in [0.2, 0.25) is 0 Å². The lowest BCUT2D eigenvalue weighted by molar-refractivity contribution is -0.0103. The van der Waals surface area contributed by atoms with E-state index in [0.717, 1.165) is 24.8 Å². The van der Waals surface area contributed by atoms with Crippen LogP contribution in [0.5, 0.6) is 5.75 Å². The van der Waals surface area contributed by atoms with Gasteiger partial charge < -0.3 is 14.9 Å². The predicted molar refractivity (Wildman–Crippen MR) is 136 cm³/mol. The van der Waals surface area contributed by atoms with Gasteiger partial charge in [0.15, 0.2) is 5.82 Å². The van der Waals surface area contributed by atoms with Crippen molar-refractivity contribution in [3.8, 4) is 17.1 Å². The number of nitrogens with one attached hydrogen (secondary N) is 2. The lowest BCUT2D eigenvalue weighted by Gasteiger charge is -2.33. The number of aliphatic hydroxyl groups excluding tert-OH is 1. The minimum Gasteiger partial charge on any atom is -0.487 e. The van der Waals surface area contributed by atoms with Gasteiger partial charge in [-0.1, -0.05) is 67.3 Å². The Kier molecular flexibility index (Phi) is 7.06. The molecule has 1 aliphatic rings. The molecule has 1 saturated carbocycles.